The Kier molecular flexibility index (Phi) is 15.0. The zero-order chi connectivity index (χ0) is 28.8. The number of aliphatic carboxylic acids is 1. The molecule has 0 radical (unpaired) electrons. The molecule has 1 N–H and O–H groups in total. The molecule has 0 aromatic heterocycles. The fraction of sp³-hybridized carbons (Fsp3) is 0.467. The molecule has 6 unspecified atom stereocenters. The highest BCUT2D eigenvalue weighted by molar-refractivity contribution is 8.13. The Morgan fingerprint density at radius 1 is 0.895 bits per heavy atom. The van der Waals surface area contributed by atoms with Crippen LogP contribution in [0.5, 0.6) is 0 Å². The number of rotatable bonds is 9. The molecule has 0 amide bonds. The fourth-order valence-electron chi connectivity index (χ4n) is 4.40. The van der Waals surface area contributed by atoms with Crippen LogP contribution in [0.25, 0.3) is 0 Å². The fourth-order valence-corrected chi connectivity index (χ4v) is 4.94. The van der Waals surface area contributed by atoms with Crippen molar-refractivity contribution < 1.29 is 29.0 Å². The molecular weight excluding hydrogens is 520 g/mol. The Hall–Kier alpha value is -2.58. The summed E-state index contributed by atoms with van der Waals surface area (Å²) in [5, 5.41) is 9.26. The van der Waals surface area contributed by atoms with Gasteiger partial charge in [0.15, 0.2) is 5.12 Å². The number of thiol groups is 1. The summed E-state index contributed by atoms with van der Waals surface area (Å²) in [6.45, 7) is 7.53. The highest BCUT2D eigenvalue weighted by Gasteiger charge is 2.41. The van der Waals surface area contributed by atoms with Crippen molar-refractivity contribution in [2.75, 3.05) is 12.5 Å². The summed E-state index contributed by atoms with van der Waals surface area (Å²) in [6, 6.07) is 19.8. The standard InChI is InChI=1S/C15H20O3S.C14H16O3.CH4S/c1-10(12-7-5-4-6-8-12)9-13(14(16)17)11(2)15(18)19-3;1-9(11-6-4-3-5-7-11)8-12-10(2)13(15)17-14(12)16;1-2/h4-8,10-11,13H,9H2,1-3H3,(H,16,17);3-7,9-10,12H,8H2,1-2H3;2H,1H3. The lowest BCUT2D eigenvalue weighted by atomic mass is 9.84. The maximum atomic E-state index is 11.7. The summed E-state index contributed by atoms with van der Waals surface area (Å²) >= 11 is 4.63. The molecule has 0 aliphatic carbocycles. The first-order valence-electron chi connectivity index (χ1n) is 12.7. The van der Waals surface area contributed by atoms with Gasteiger partial charge in [-0.15, -0.1) is 0 Å². The second-order valence-corrected chi connectivity index (χ2v) is 10.3. The lowest BCUT2D eigenvalue weighted by Crippen LogP contribution is -2.27. The zero-order valence-corrected chi connectivity index (χ0v) is 24.7. The van der Waals surface area contributed by atoms with Crippen LogP contribution in [0.3, 0.4) is 0 Å². The van der Waals surface area contributed by atoms with Crippen LogP contribution in [0.15, 0.2) is 60.7 Å². The molecule has 38 heavy (non-hydrogen) atoms. The summed E-state index contributed by atoms with van der Waals surface area (Å²) in [5.41, 5.74) is 2.30. The highest BCUT2D eigenvalue weighted by atomic mass is 32.2. The van der Waals surface area contributed by atoms with Gasteiger partial charge >= 0.3 is 17.9 Å². The smallest absolute Gasteiger partial charge is 0.317 e. The van der Waals surface area contributed by atoms with E-state index in [0.29, 0.717) is 12.8 Å². The van der Waals surface area contributed by atoms with Crippen molar-refractivity contribution in [2.45, 2.75) is 52.4 Å². The molecule has 0 saturated carbocycles. The first-order chi connectivity index (χ1) is 18.1. The van der Waals surface area contributed by atoms with E-state index >= 15 is 0 Å². The van der Waals surface area contributed by atoms with Gasteiger partial charge in [0.1, 0.15) is 0 Å². The largest absolute Gasteiger partial charge is 0.481 e. The number of thioether (sulfide) groups is 1. The molecule has 208 valence electrons. The third-order valence-corrected chi connectivity index (χ3v) is 7.70. The Labute approximate surface area is 236 Å². The summed E-state index contributed by atoms with van der Waals surface area (Å²) < 4.78 is 4.64. The summed E-state index contributed by atoms with van der Waals surface area (Å²) in [7, 11) is 0. The number of hydrogen-bond acceptors (Lipinski definition) is 7. The first-order valence-corrected chi connectivity index (χ1v) is 14.8. The van der Waals surface area contributed by atoms with Crippen molar-refractivity contribution in [3.63, 3.8) is 0 Å². The van der Waals surface area contributed by atoms with E-state index in [1.807, 2.05) is 67.6 Å². The summed E-state index contributed by atoms with van der Waals surface area (Å²) in [6.07, 6.45) is 4.53. The van der Waals surface area contributed by atoms with Crippen molar-refractivity contribution in [2.24, 2.45) is 23.7 Å². The van der Waals surface area contributed by atoms with E-state index in [-0.39, 0.29) is 40.7 Å². The Morgan fingerprint density at radius 2 is 1.37 bits per heavy atom. The maximum Gasteiger partial charge on any atom is 0.317 e. The molecule has 8 heteroatoms. The molecule has 6 nitrogen and oxygen atoms in total. The van der Waals surface area contributed by atoms with Crippen molar-refractivity contribution in [3.8, 4) is 0 Å². The molecule has 1 saturated heterocycles. The SMILES string of the molecule is CC(CC1C(=O)OC(=O)C1C)c1ccccc1.CS.CSC(=O)C(C)C(CC(C)c1ccccc1)C(=O)O. The van der Waals surface area contributed by atoms with Crippen LogP contribution >= 0.6 is 24.4 Å². The van der Waals surface area contributed by atoms with E-state index in [9.17, 15) is 24.3 Å². The van der Waals surface area contributed by atoms with Gasteiger partial charge in [-0.2, -0.15) is 12.6 Å². The highest BCUT2D eigenvalue weighted by Crippen LogP contribution is 2.33. The second kappa shape index (κ2) is 17.1. The van der Waals surface area contributed by atoms with Crippen molar-refractivity contribution in [3.05, 3.63) is 71.8 Å². The number of carbonyl (C=O) groups excluding carboxylic acids is 3. The van der Waals surface area contributed by atoms with Gasteiger partial charge in [-0.05, 0) is 48.3 Å². The van der Waals surface area contributed by atoms with E-state index < -0.39 is 17.8 Å². The summed E-state index contributed by atoms with van der Waals surface area (Å²) in [4.78, 5) is 45.8. The molecule has 0 bridgehead atoms. The molecule has 6 atom stereocenters. The molecule has 1 fully saturated rings. The van der Waals surface area contributed by atoms with Crippen molar-refractivity contribution >= 4 is 47.4 Å². The topological polar surface area (TPSA) is 97.7 Å². The average Bonchev–Trinajstić information content (AvgIpc) is 3.18. The van der Waals surface area contributed by atoms with Gasteiger partial charge in [-0.25, -0.2) is 0 Å². The van der Waals surface area contributed by atoms with E-state index in [0.717, 1.165) is 17.3 Å². The Morgan fingerprint density at radius 3 is 1.76 bits per heavy atom. The van der Waals surface area contributed by atoms with Crippen molar-refractivity contribution in [1.82, 2.24) is 0 Å². The third kappa shape index (κ3) is 9.95. The summed E-state index contributed by atoms with van der Waals surface area (Å²) in [5.74, 6) is -2.97. The van der Waals surface area contributed by atoms with Crippen LogP contribution in [0.2, 0.25) is 0 Å². The molecule has 1 heterocycles. The van der Waals surface area contributed by atoms with Crippen LogP contribution in [-0.4, -0.2) is 40.6 Å². The molecule has 1 aliphatic heterocycles. The number of ether oxygens (including phenoxy) is 1. The lowest BCUT2D eigenvalue weighted by molar-refractivity contribution is -0.153. The predicted molar refractivity (Wildman–Crippen MR) is 156 cm³/mol. The van der Waals surface area contributed by atoms with Gasteiger partial charge in [0.05, 0.1) is 17.8 Å². The number of esters is 2. The zero-order valence-electron chi connectivity index (χ0n) is 23.0. The van der Waals surface area contributed by atoms with Gasteiger partial charge in [0.25, 0.3) is 0 Å². The molecule has 2 aromatic rings. The monoisotopic (exact) mass is 560 g/mol. The predicted octanol–water partition coefficient (Wildman–Crippen LogP) is 6.47. The van der Waals surface area contributed by atoms with Crippen LogP contribution in [0.4, 0.5) is 0 Å². The minimum absolute atomic E-state index is 0.0624. The molecule has 2 aromatic carbocycles. The van der Waals surface area contributed by atoms with Gasteiger partial charge in [0.2, 0.25) is 0 Å². The number of carboxylic acid groups (broad SMARTS) is 1. The quantitative estimate of drug-likeness (QED) is 0.206. The van der Waals surface area contributed by atoms with Crippen LogP contribution in [0.1, 0.15) is 63.5 Å². The van der Waals surface area contributed by atoms with Gasteiger partial charge in [0, 0.05) is 5.92 Å². The molecular formula is C30H40O6S2. The molecule has 1 aliphatic rings. The minimum Gasteiger partial charge on any atom is -0.481 e. The number of carbonyl (C=O) groups is 4. The van der Waals surface area contributed by atoms with E-state index in [4.69, 9.17) is 0 Å². The minimum atomic E-state index is -0.891. The van der Waals surface area contributed by atoms with E-state index in [1.165, 1.54) is 5.56 Å². The Balaban J connectivity index is 0.000000358. The van der Waals surface area contributed by atoms with E-state index in [2.05, 4.69) is 24.3 Å². The normalized spacial score (nSPS) is 19.4. The average molecular weight is 561 g/mol. The second-order valence-electron chi connectivity index (χ2n) is 9.49. The maximum absolute atomic E-state index is 11.7. The molecule has 3 rings (SSSR count). The third-order valence-electron chi connectivity index (χ3n) is 6.93. The lowest BCUT2D eigenvalue weighted by Gasteiger charge is -2.22. The number of carboxylic acids is 1. The van der Waals surface area contributed by atoms with Crippen molar-refractivity contribution in [1.29, 1.82) is 0 Å². The van der Waals surface area contributed by atoms with Crippen LogP contribution in [-0.2, 0) is 23.9 Å². The van der Waals surface area contributed by atoms with Crippen LogP contribution in [0, 0.1) is 23.7 Å². The van der Waals surface area contributed by atoms with Gasteiger partial charge < -0.3 is 9.84 Å². The molecule has 0 spiro atoms. The first kappa shape index (κ1) is 33.4. The number of benzene rings is 2. The number of hydrogen-bond donors (Lipinski definition) is 2. The van der Waals surface area contributed by atoms with Gasteiger partial charge in [-0.3, -0.25) is 19.2 Å². The number of cyclic esters (lactones) is 2. The Bertz CT molecular complexity index is 1030. The van der Waals surface area contributed by atoms with Crippen LogP contribution < -0.4 is 0 Å². The van der Waals surface area contributed by atoms with E-state index in [1.54, 1.807) is 26.4 Å². The van der Waals surface area contributed by atoms with Gasteiger partial charge in [-0.1, -0.05) is 100 Å².